The molecule has 0 aliphatic carbocycles. The molecule has 1 aromatic heterocycles. The Kier molecular flexibility index (Phi) is 1.57. The number of hydrogen-bond donors (Lipinski definition) is 1. The van der Waals surface area contributed by atoms with E-state index in [-0.39, 0.29) is 14.5 Å². The molecule has 0 bridgehead atoms. The van der Waals surface area contributed by atoms with Gasteiger partial charge in [-0.05, 0) is 0 Å². The van der Waals surface area contributed by atoms with Crippen molar-refractivity contribution in [3.05, 3.63) is 15.5 Å². The molecule has 7 heavy (non-hydrogen) atoms. The predicted octanol–water partition coefficient (Wildman–Crippen LogP) is 1.21. The van der Waals surface area contributed by atoms with Crippen molar-refractivity contribution in [2.45, 2.75) is 0 Å². The van der Waals surface area contributed by atoms with Gasteiger partial charge < -0.3 is 0 Å². The molecule has 0 saturated carbocycles. The molecule has 0 saturated heterocycles. The molecule has 0 aliphatic heterocycles. The molecule has 1 nitrogen and oxygen atoms in total. The van der Waals surface area contributed by atoms with Crippen LogP contribution in [0.25, 0.3) is 0 Å². The van der Waals surface area contributed by atoms with Crippen LogP contribution in [0.2, 0.25) is 0 Å². The van der Waals surface area contributed by atoms with Crippen LogP contribution >= 0.6 is 15.9 Å². The SMILES string of the molecule is Oc1ccc(Br)[se]1. The Morgan fingerprint density at radius 1 is 1.57 bits per heavy atom. The summed E-state index contributed by atoms with van der Waals surface area (Å²) in [6.45, 7) is 0. The zero-order chi connectivity index (χ0) is 5.28. The first kappa shape index (κ1) is 5.42. The normalized spacial score (nSPS) is 9.29. The molecule has 0 fully saturated rings. The topological polar surface area (TPSA) is 20.2 Å². The summed E-state index contributed by atoms with van der Waals surface area (Å²) in [7, 11) is 0. The van der Waals surface area contributed by atoms with Crippen molar-refractivity contribution in [3.8, 4) is 4.62 Å². The van der Waals surface area contributed by atoms with Crippen LogP contribution in [-0.4, -0.2) is 19.6 Å². The van der Waals surface area contributed by atoms with Crippen LogP contribution in [0.15, 0.2) is 15.5 Å². The van der Waals surface area contributed by atoms with Crippen LogP contribution in [0.3, 0.4) is 0 Å². The summed E-state index contributed by atoms with van der Waals surface area (Å²) in [4.78, 5) is 0. The average Bonchev–Trinajstić information content (AvgIpc) is 1.87. The molecule has 1 heterocycles. The number of halogens is 1. The van der Waals surface area contributed by atoms with Crippen LogP contribution in [0.5, 0.6) is 4.62 Å². The predicted molar refractivity (Wildman–Crippen MR) is 32.7 cm³/mol. The molecule has 0 amide bonds. The molecule has 0 unspecified atom stereocenters. The van der Waals surface area contributed by atoms with E-state index in [0.717, 1.165) is 3.35 Å². The van der Waals surface area contributed by atoms with Gasteiger partial charge in [0.1, 0.15) is 0 Å². The second-order valence-corrected chi connectivity index (χ2v) is 5.34. The van der Waals surface area contributed by atoms with Crippen molar-refractivity contribution >= 4 is 30.4 Å². The van der Waals surface area contributed by atoms with Crippen LogP contribution in [0.1, 0.15) is 0 Å². The molecule has 0 aromatic carbocycles. The van der Waals surface area contributed by atoms with Gasteiger partial charge >= 0.3 is 55.6 Å². The minimum atomic E-state index is 0.181. The van der Waals surface area contributed by atoms with Crippen LogP contribution < -0.4 is 0 Å². The van der Waals surface area contributed by atoms with E-state index in [9.17, 15) is 0 Å². The Morgan fingerprint density at radius 3 is 2.43 bits per heavy atom. The van der Waals surface area contributed by atoms with Crippen molar-refractivity contribution in [2.75, 3.05) is 0 Å². The molecule has 3 heteroatoms. The average molecular weight is 226 g/mol. The van der Waals surface area contributed by atoms with Crippen molar-refractivity contribution in [1.82, 2.24) is 0 Å². The Labute approximate surface area is 55.9 Å². The van der Waals surface area contributed by atoms with Crippen molar-refractivity contribution in [2.24, 2.45) is 0 Å². The Bertz CT molecular complexity index is 144. The van der Waals surface area contributed by atoms with Crippen LogP contribution in [0.4, 0.5) is 0 Å². The quantitative estimate of drug-likeness (QED) is 0.659. The van der Waals surface area contributed by atoms with Gasteiger partial charge in [-0.15, -0.1) is 0 Å². The molecule has 1 aromatic rings. The molecule has 1 N–H and O–H groups in total. The van der Waals surface area contributed by atoms with Gasteiger partial charge in [0.05, 0.1) is 0 Å². The maximum atomic E-state index is 8.71. The molecule has 0 atom stereocenters. The standard InChI is InChI=1S/C4H3BrOSe/c5-3-1-2-4(6)7-3/h1-2,6H. The second-order valence-electron chi connectivity index (χ2n) is 1.08. The molecular weight excluding hydrogens is 223 g/mol. The maximum absolute atomic E-state index is 8.71. The summed E-state index contributed by atoms with van der Waals surface area (Å²) in [6.07, 6.45) is 0. The number of rotatable bonds is 0. The Hall–Kier alpha value is 0.279. The summed E-state index contributed by atoms with van der Waals surface area (Å²) >= 11 is 3.44. The Balaban J connectivity index is 3.04. The van der Waals surface area contributed by atoms with Gasteiger partial charge in [0.15, 0.2) is 0 Å². The van der Waals surface area contributed by atoms with Gasteiger partial charge in [0, 0.05) is 0 Å². The third-order valence-electron chi connectivity index (χ3n) is 0.559. The van der Waals surface area contributed by atoms with E-state index in [2.05, 4.69) is 15.9 Å². The van der Waals surface area contributed by atoms with E-state index in [1.165, 1.54) is 0 Å². The van der Waals surface area contributed by atoms with Crippen molar-refractivity contribution in [1.29, 1.82) is 0 Å². The van der Waals surface area contributed by atoms with Gasteiger partial charge in [-0.3, -0.25) is 0 Å². The Morgan fingerprint density at radius 2 is 2.29 bits per heavy atom. The van der Waals surface area contributed by atoms with E-state index in [1.807, 2.05) is 6.07 Å². The van der Waals surface area contributed by atoms with Crippen molar-refractivity contribution in [3.63, 3.8) is 0 Å². The zero-order valence-electron chi connectivity index (χ0n) is 3.39. The van der Waals surface area contributed by atoms with E-state index >= 15 is 0 Å². The van der Waals surface area contributed by atoms with E-state index in [0.29, 0.717) is 4.62 Å². The minimum absolute atomic E-state index is 0.181. The third kappa shape index (κ3) is 1.34. The van der Waals surface area contributed by atoms with Gasteiger partial charge in [-0.1, -0.05) is 0 Å². The van der Waals surface area contributed by atoms with Crippen LogP contribution in [-0.2, 0) is 0 Å². The van der Waals surface area contributed by atoms with Crippen LogP contribution in [0, 0.1) is 0 Å². The molecular formula is C4H3BrOSe. The first-order chi connectivity index (χ1) is 3.29. The van der Waals surface area contributed by atoms with E-state index in [4.69, 9.17) is 5.11 Å². The van der Waals surface area contributed by atoms with Gasteiger partial charge in [0.25, 0.3) is 0 Å². The summed E-state index contributed by atoms with van der Waals surface area (Å²) < 4.78 is 1.61. The van der Waals surface area contributed by atoms with E-state index < -0.39 is 0 Å². The molecule has 0 radical (unpaired) electrons. The fourth-order valence-corrected chi connectivity index (χ4v) is 2.29. The first-order valence-corrected chi connectivity index (χ1v) is 4.24. The molecule has 1 rings (SSSR count). The first-order valence-electron chi connectivity index (χ1n) is 1.73. The second kappa shape index (κ2) is 2.03. The fourth-order valence-electron chi connectivity index (χ4n) is 0.305. The zero-order valence-corrected chi connectivity index (χ0v) is 6.69. The van der Waals surface area contributed by atoms with E-state index in [1.54, 1.807) is 6.07 Å². The summed E-state index contributed by atoms with van der Waals surface area (Å²) in [5.41, 5.74) is 0. The van der Waals surface area contributed by atoms with Gasteiger partial charge in [-0.2, -0.15) is 0 Å². The van der Waals surface area contributed by atoms with Crippen molar-refractivity contribution < 1.29 is 5.11 Å². The summed E-state index contributed by atoms with van der Waals surface area (Å²) in [5, 5.41) is 8.71. The third-order valence-corrected chi connectivity index (χ3v) is 3.08. The molecule has 0 aliphatic rings. The molecule has 38 valence electrons. The number of hydrogen-bond acceptors (Lipinski definition) is 1. The monoisotopic (exact) mass is 226 g/mol. The fraction of sp³-hybridized carbons (Fsp3) is 0. The molecule has 0 spiro atoms. The van der Waals surface area contributed by atoms with Gasteiger partial charge in [-0.25, -0.2) is 0 Å². The number of aromatic hydroxyl groups is 1. The summed E-state index contributed by atoms with van der Waals surface area (Å²) in [5.74, 6) is 0. The summed E-state index contributed by atoms with van der Waals surface area (Å²) in [6, 6.07) is 3.58. The van der Waals surface area contributed by atoms with Gasteiger partial charge in [0.2, 0.25) is 0 Å².